The monoisotopic (exact) mass is 162 g/mol. The molecule has 0 bridgehead atoms. The van der Waals surface area contributed by atoms with E-state index in [0.717, 1.165) is 0 Å². The smallest absolute Gasteiger partial charge is 0.330 e. The Morgan fingerprint density at radius 2 is 2.57 bits per heavy atom. The molecule has 0 atom stereocenters. The summed E-state index contributed by atoms with van der Waals surface area (Å²) in [6, 6.07) is -0.258. The lowest BCUT2D eigenvalue weighted by Gasteiger charge is -1.79. The third-order valence-electron chi connectivity index (χ3n) is 0.608. The van der Waals surface area contributed by atoms with Crippen LogP contribution in [0.3, 0.4) is 0 Å². The number of rotatable bonds is 0. The number of hydrogen-bond acceptors (Lipinski definition) is 1. The summed E-state index contributed by atoms with van der Waals surface area (Å²) in [6.07, 6.45) is 0. The molecule has 0 spiro atoms. The zero-order valence-corrected chi connectivity index (χ0v) is 5.03. The van der Waals surface area contributed by atoms with E-state index in [2.05, 4.69) is 26.2 Å². The van der Waals surface area contributed by atoms with Gasteiger partial charge in [-0.2, -0.15) is 4.99 Å². The summed E-state index contributed by atoms with van der Waals surface area (Å²) >= 11 is 3.05. The number of hydrogen-bond donors (Lipinski definition) is 1. The highest BCUT2D eigenvalue weighted by Gasteiger charge is 2.07. The van der Waals surface area contributed by atoms with E-state index in [1.165, 1.54) is 0 Å². The molecule has 2 amide bonds. The quantitative estimate of drug-likeness (QED) is 0.555. The summed E-state index contributed by atoms with van der Waals surface area (Å²) in [6.45, 7) is 0.541. The van der Waals surface area contributed by atoms with Crippen LogP contribution in [-0.4, -0.2) is 17.2 Å². The molecule has 1 aliphatic rings. The lowest BCUT2D eigenvalue weighted by Crippen LogP contribution is -2.14. The van der Waals surface area contributed by atoms with Gasteiger partial charge in [0.2, 0.25) is 0 Å². The fourth-order valence-corrected chi connectivity index (χ4v) is 0.639. The number of amides is 2. The van der Waals surface area contributed by atoms with Crippen molar-refractivity contribution >= 4 is 26.6 Å². The SMILES string of the molecule is O=C1N=C(Br)CN1. The number of carbonyl (C=O) groups is 1. The summed E-state index contributed by atoms with van der Waals surface area (Å²) in [7, 11) is 0. The van der Waals surface area contributed by atoms with Gasteiger partial charge in [0.05, 0.1) is 6.54 Å². The predicted molar refractivity (Wildman–Crippen MR) is 29.8 cm³/mol. The van der Waals surface area contributed by atoms with E-state index in [-0.39, 0.29) is 6.03 Å². The van der Waals surface area contributed by atoms with Crippen LogP contribution in [0.5, 0.6) is 0 Å². The van der Waals surface area contributed by atoms with E-state index in [1.54, 1.807) is 0 Å². The van der Waals surface area contributed by atoms with Crippen LogP contribution in [-0.2, 0) is 0 Å². The van der Waals surface area contributed by atoms with Crippen LogP contribution in [0.2, 0.25) is 0 Å². The van der Waals surface area contributed by atoms with Crippen molar-refractivity contribution in [3.63, 3.8) is 0 Å². The Bertz CT molecular complexity index is 131. The number of aliphatic imine (C=N–C) groups is 1. The van der Waals surface area contributed by atoms with Crippen LogP contribution in [0.4, 0.5) is 4.79 Å². The second-order valence-corrected chi connectivity index (χ2v) is 2.06. The van der Waals surface area contributed by atoms with E-state index >= 15 is 0 Å². The highest BCUT2D eigenvalue weighted by Crippen LogP contribution is 1.94. The standard InChI is InChI=1S/C3H3BrN2O/c4-2-1-5-3(7)6-2/h1H2,(H,5,7). The van der Waals surface area contributed by atoms with Gasteiger partial charge in [-0.3, -0.25) is 0 Å². The number of carbonyl (C=O) groups excluding carboxylic acids is 1. The van der Waals surface area contributed by atoms with Gasteiger partial charge in [-0.15, -0.1) is 0 Å². The molecule has 3 nitrogen and oxygen atoms in total. The first kappa shape index (κ1) is 4.77. The van der Waals surface area contributed by atoms with Crippen LogP contribution in [0.15, 0.2) is 4.99 Å². The fraction of sp³-hybridized carbons (Fsp3) is 0.333. The van der Waals surface area contributed by atoms with E-state index in [0.29, 0.717) is 11.2 Å². The molecule has 0 aliphatic carbocycles. The highest BCUT2D eigenvalue weighted by molar-refractivity contribution is 9.18. The Balaban J connectivity index is 2.67. The summed E-state index contributed by atoms with van der Waals surface area (Å²) in [5.41, 5.74) is 0. The molecule has 1 rings (SSSR count). The molecule has 0 unspecified atom stereocenters. The average Bonchev–Trinajstić information content (AvgIpc) is 1.87. The third kappa shape index (κ3) is 0.991. The Hall–Kier alpha value is -0.380. The Morgan fingerprint density at radius 1 is 1.86 bits per heavy atom. The van der Waals surface area contributed by atoms with E-state index < -0.39 is 0 Å². The molecule has 0 saturated carbocycles. The Labute approximate surface area is 48.9 Å². The summed E-state index contributed by atoms with van der Waals surface area (Å²) < 4.78 is 0.678. The van der Waals surface area contributed by atoms with Crippen LogP contribution in [0, 0.1) is 0 Å². The maximum Gasteiger partial charge on any atom is 0.342 e. The first-order valence-electron chi connectivity index (χ1n) is 1.80. The van der Waals surface area contributed by atoms with Crippen LogP contribution in [0.25, 0.3) is 0 Å². The van der Waals surface area contributed by atoms with Crippen molar-refractivity contribution in [3.05, 3.63) is 0 Å². The highest BCUT2D eigenvalue weighted by atomic mass is 79.9. The minimum atomic E-state index is -0.258. The molecular formula is C3H3BrN2O. The van der Waals surface area contributed by atoms with Gasteiger partial charge < -0.3 is 5.32 Å². The van der Waals surface area contributed by atoms with Gasteiger partial charge in [0.15, 0.2) is 0 Å². The Morgan fingerprint density at radius 3 is 2.71 bits per heavy atom. The lowest BCUT2D eigenvalue weighted by molar-refractivity contribution is 0.252. The number of urea groups is 1. The van der Waals surface area contributed by atoms with Gasteiger partial charge in [-0.25, -0.2) is 4.79 Å². The van der Waals surface area contributed by atoms with E-state index in [4.69, 9.17) is 0 Å². The Kier molecular flexibility index (Phi) is 1.10. The third-order valence-corrected chi connectivity index (χ3v) is 1.07. The van der Waals surface area contributed by atoms with Gasteiger partial charge in [0, 0.05) is 0 Å². The number of nitrogens with one attached hydrogen (secondary N) is 1. The van der Waals surface area contributed by atoms with Crippen molar-refractivity contribution in [2.45, 2.75) is 0 Å². The first-order valence-corrected chi connectivity index (χ1v) is 2.59. The van der Waals surface area contributed by atoms with Gasteiger partial charge in [0.25, 0.3) is 0 Å². The van der Waals surface area contributed by atoms with Crippen molar-refractivity contribution in [1.82, 2.24) is 5.32 Å². The molecule has 7 heavy (non-hydrogen) atoms. The minimum absolute atomic E-state index is 0.258. The topological polar surface area (TPSA) is 41.5 Å². The molecule has 1 aliphatic heterocycles. The minimum Gasteiger partial charge on any atom is -0.330 e. The molecule has 4 heteroatoms. The molecular weight excluding hydrogens is 160 g/mol. The lowest BCUT2D eigenvalue weighted by atomic mass is 10.8. The van der Waals surface area contributed by atoms with Crippen LogP contribution >= 0.6 is 15.9 Å². The van der Waals surface area contributed by atoms with Crippen molar-refractivity contribution < 1.29 is 4.79 Å². The molecule has 1 N–H and O–H groups in total. The average molecular weight is 163 g/mol. The molecule has 0 fully saturated rings. The van der Waals surface area contributed by atoms with Crippen molar-refractivity contribution in [3.8, 4) is 0 Å². The fourth-order valence-electron chi connectivity index (χ4n) is 0.338. The van der Waals surface area contributed by atoms with Gasteiger partial charge in [-0.1, -0.05) is 0 Å². The first-order chi connectivity index (χ1) is 3.29. The van der Waals surface area contributed by atoms with Crippen molar-refractivity contribution in [2.24, 2.45) is 4.99 Å². The molecule has 38 valence electrons. The van der Waals surface area contributed by atoms with Crippen LogP contribution < -0.4 is 5.32 Å². The summed E-state index contributed by atoms with van der Waals surface area (Å²) in [5, 5.41) is 2.48. The molecule has 0 aromatic rings. The van der Waals surface area contributed by atoms with Crippen LogP contribution in [0.1, 0.15) is 0 Å². The molecule has 0 aromatic heterocycles. The van der Waals surface area contributed by atoms with E-state index in [1.807, 2.05) is 0 Å². The maximum atomic E-state index is 10.1. The maximum absolute atomic E-state index is 10.1. The predicted octanol–water partition coefficient (Wildman–Crippen LogP) is 0.503. The number of halogens is 1. The molecule has 1 heterocycles. The van der Waals surface area contributed by atoms with Gasteiger partial charge in [-0.05, 0) is 15.9 Å². The normalized spacial score (nSPS) is 19.0. The summed E-state index contributed by atoms with van der Waals surface area (Å²) in [5.74, 6) is 0. The van der Waals surface area contributed by atoms with Gasteiger partial charge >= 0.3 is 6.03 Å². The number of nitrogens with zero attached hydrogens (tertiary/aromatic N) is 1. The second-order valence-electron chi connectivity index (χ2n) is 1.15. The zero-order chi connectivity index (χ0) is 5.28. The molecule has 0 saturated heterocycles. The molecule has 0 aromatic carbocycles. The summed E-state index contributed by atoms with van der Waals surface area (Å²) in [4.78, 5) is 13.6. The zero-order valence-electron chi connectivity index (χ0n) is 3.44. The largest absolute Gasteiger partial charge is 0.342 e. The second kappa shape index (κ2) is 1.61. The van der Waals surface area contributed by atoms with Crippen molar-refractivity contribution in [2.75, 3.05) is 6.54 Å². The van der Waals surface area contributed by atoms with Crippen molar-refractivity contribution in [1.29, 1.82) is 0 Å². The van der Waals surface area contributed by atoms with E-state index in [9.17, 15) is 4.79 Å². The van der Waals surface area contributed by atoms with Gasteiger partial charge in [0.1, 0.15) is 4.62 Å². The molecule has 0 radical (unpaired) electrons.